The van der Waals surface area contributed by atoms with Gasteiger partial charge in [-0.2, -0.15) is 0 Å². The van der Waals surface area contributed by atoms with Gasteiger partial charge in [0.1, 0.15) is 19.6 Å². The van der Waals surface area contributed by atoms with Crippen molar-refractivity contribution in [2.24, 2.45) is 0 Å². The highest BCUT2D eigenvalue weighted by Gasteiger charge is 2.11. The molecule has 0 radical (unpaired) electrons. The predicted octanol–water partition coefficient (Wildman–Crippen LogP) is 0.476. The number of hydrogen-bond donors (Lipinski definition) is 1. The standard InChI is InChI=1S/C21H21N.BrH/c1-4-10-19(11-5-1)16-22(17-20-12-6-2-7-13-20)18-21-14-8-3-9-15-21;/h1-15H,16-18H2;1H. The topological polar surface area (TPSA) is 4.44 Å². The lowest BCUT2D eigenvalue weighted by Crippen LogP contribution is -3.08. The quantitative estimate of drug-likeness (QED) is 0.646. The number of halogens is 1. The van der Waals surface area contributed by atoms with Gasteiger partial charge in [-0.15, -0.1) is 0 Å². The van der Waals surface area contributed by atoms with Crippen molar-refractivity contribution >= 4 is 0 Å². The maximum atomic E-state index is 2.22. The molecule has 0 aliphatic rings. The maximum Gasteiger partial charge on any atom is 0.103 e. The Bertz CT molecular complexity index is 569. The first-order valence-corrected chi connectivity index (χ1v) is 7.85. The summed E-state index contributed by atoms with van der Waals surface area (Å²) < 4.78 is 0. The van der Waals surface area contributed by atoms with Gasteiger partial charge in [0.2, 0.25) is 0 Å². The molecule has 2 heteroatoms. The molecule has 118 valence electrons. The number of hydrogen-bond acceptors (Lipinski definition) is 0. The number of benzene rings is 3. The Kier molecular flexibility index (Phi) is 7.05. The lowest BCUT2D eigenvalue weighted by Gasteiger charge is -2.20. The van der Waals surface area contributed by atoms with Crippen molar-refractivity contribution in [3.8, 4) is 0 Å². The van der Waals surface area contributed by atoms with E-state index in [4.69, 9.17) is 0 Å². The molecule has 3 aromatic carbocycles. The van der Waals surface area contributed by atoms with Gasteiger partial charge in [0.25, 0.3) is 0 Å². The lowest BCUT2D eigenvalue weighted by molar-refractivity contribution is -0.941. The van der Waals surface area contributed by atoms with E-state index in [2.05, 4.69) is 91.0 Å². The van der Waals surface area contributed by atoms with Crippen LogP contribution in [0.25, 0.3) is 0 Å². The zero-order valence-corrected chi connectivity index (χ0v) is 14.7. The predicted molar refractivity (Wildman–Crippen MR) is 91.4 cm³/mol. The van der Waals surface area contributed by atoms with Crippen LogP contribution >= 0.6 is 0 Å². The zero-order valence-electron chi connectivity index (χ0n) is 13.2. The van der Waals surface area contributed by atoms with Gasteiger partial charge in [-0.25, -0.2) is 0 Å². The van der Waals surface area contributed by atoms with Gasteiger partial charge in [-0.1, -0.05) is 91.0 Å². The Hall–Kier alpha value is -1.90. The Morgan fingerprint density at radius 3 is 0.957 bits per heavy atom. The molecule has 0 saturated carbocycles. The SMILES string of the molecule is [Br-].c1ccc(C[NH+](Cc2ccccc2)Cc2ccccc2)cc1. The minimum absolute atomic E-state index is 0. The van der Waals surface area contributed by atoms with E-state index in [1.54, 1.807) is 4.90 Å². The molecule has 3 rings (SSSR count). The van der Waals surface area contributed by atoms with Gasteiger partial charge in [0.05, 0.1) is 0 Å². The third-order valence-electron chi connectivity index (χ3n) is 3.89. The van der Waals surface area contributed by atoms with Crippen LogP contribution in [0.4, 0.5) is 0 Å². The van der Waals surface area contributed by atoms with Gasteiger partial charge in [0.15, 0.2) is 0 Å². The second-order valence-corrected chi connectivity index (χ2v) is 5.74. The maximum absolute atomic E-state index is 2.22. The van der Waals surface area contributed by atoms with Crippen LogP contribution in [0.5, 0.6) is 0 Å². The molecule has 0 heterocycles. The van der Waals surface area contributed by atoms with Crippen molar-refractivity contribution in [3.05, 3.63) is 108 Å². The van der Waals surface area contributed by atoms with Crippen molar-refractivity contribution in [2.45, 2.75) is 19.6 Å². The fourth-order valence-electron chi connectivity index (χ4n) is 2.84. The molecule has 0 amide bonds. The third kappa shape index (κ3) is 5.66. The summed E-state index contributed by atoms with van der Waals surface area (Å²) in [6, 6.07) is 32.3. The summed E-state index contributed by atoms with van der Waals surface area (Å²) >= 11 is 0. The average Bonchev–Trinajstić information content (AvgIpc) is 2.57. The molecule has 0 spiro atoms. The Labute approximate surface area is 149 Å². The van der Waals surface area contributed by atoms with Gasteiger partial charge in [-0.3, -0.25) is 0 Å². The Morgan fingerprint density at radius 2 is 0.696 bits per heavy atom. The summed E-state index contributed by atoms with van der Waals surface area (Å²) in [4.78, 5) is 1.56. The first kappa shape index (κ1) is 17.5. The largest absolute Gasteiger partial charge is 1.00 e. The van der Waals surface area contributed by atoms with Crippen molar-refractivity contribution in [2.75, 3.05) is 0 Å². The summed E-state index contributed by atoms with van der Waals surface area (Å²) in [5.41, 5.74) is 4.18. The molecular formula is C21H22BrN. The highest BCUT2D eigenvalue weighted by Crippen LogP contribution is 2.01. The van der Waals surface area contributed by atoms with Crippen LogP contribution in [0.15, 0.2) is 91.0 Å². The normalized spacial score (nSPS) is 10.3. The van der Waals surface area contributed by atoms with Crippen molar-refractivity contribution < 1.29 is 21.9 Å². The van der Waals surface area contributed by atoms with E-state index < -0.39 is 0 Å². The summed E-state index contributed by atoms with van der Waals surface area (Å²) in [6.07, 6.45) is 0. The smallest absolute Gasteiger partial charge is 0.103 e. The molecule has 0 aromatic heterocycles. The fourth-order valence-corrected chi connectivity index (χ4v) is 2.84. The zero-order chi connectivity index (χ0) is 15.0. The van der Waals surface area contributed by atoms with Crippen LogP contribution < -0.4 is 21.9 Å². The van der Waals surface area contributed by atoms with E-state index in [1.165, 1.54) is 16.7 Å². The van der Waals surface area contributed by atoms with Crippen LogP contribution in [-0.4, -0.2) is 0 Å². The van der Waals surface area contributed by atoms with Gasteiger partial charge < -0.3 is 21.9 Å². The fraction of sp³-hybridized carbons (Fsp3) is 0.143. The third-order valence-corrected chi connectivity index (χ3v) is 3.89. The van der Waals surface area contributed by atoms with Gasteiger partial charge >= 0.3 is 0 Å². The molecule has 0 aliphatic heterocycles. The molecule has 1 nitrogen and oxygen atoms in total. The number of nitrogens with one attached hydrogen (secondary N) is 1. The summed E-state index contributed by atoms with van der Waals surface area (Å²) in [6.45, 7) is 3.14. The van der Waals surface area contributed by atoms with E-state index >= 15 is 0 Å². The molecule has 0 aliphatic carbocycles. The summed E-state index contributed by atoms with van der Waals surface area (Å²) in [5, 5.41) is 0. The van der Waals surface area contributed by atoms with Crippen LogP contribution in [0.2, 0.25) is 0 Å². The highest BCUT2D eigenvalue weighted by molar-refractivity contribution is 5.16. The molecule has 0 fully saturated rings. The van der Waals surface area contributed by atoms with Gasteiger partial charge in [0, 0.05) is 16.7 Å². The van der Waals surface area contributed by atoms with Crippen LogP contribution in [0, 0.1) is 0 Å². The van der Waals surface area contributed by atoms with Crippen LogP contribution in [-0.2, 0) is 19.6 Å². The minimum atomic E-state index is 0. The van der Waals surface area contributed by atoms with E-state index in [0.29, 0.717) is 0 Å². The molecule has 3 aromatic rings. The lowest BCUT2D eigenvalue weighted by atomic mass is 10.1. The summed E-state index contributed by atoms with van der Waals surface area (Å²) in [5.74, 6) is 0. The summed E-state index contributed by atoms with van der Waals surface area (Å²) in [7, 11) is 0. The molecule has 0 atom stereocenters. The number of rotatable bonds is 6. The van der Waals surface area contributed by atoms with Crippen molar-refractivity contribution in [1.29, 1.82) is 0 Å². The second kappa shape index (κ2) is 9.29. The highest BCUT2D eigenvalue weighted by atomic mass is 79.9. The molecule has 0 bridgehead atoms. The molecule has 23 heavy (non-hydrogen) atoms. The minimum Gasteiger partial charge on any atom is -1.00 e. The monoisotopic (exact) mass is 367 g/mol. The van der Waals surface area contributed by atoms with Crippen LogP contribution in [0.3, 0.4) is 0 Å². The van der Waals surface area contributed by atoms with E-state index in [0.717, 1.165) is 19.6 Å². The first-order chi connectivity index (χ1) is 10.9. The Balaban J connectivity index is 0.00000192. The molecule has 1 N–H and O–H groups in total. The Morgan fingerprint density at radius 1 is 0.435 bits per heavy atom. The molecule has 0 unspecified atom stereocenters. The van der Waals surface area contributed by atoms with Crippen molar-refractivity contribution in [1.82, 2.24) is 0 Å². The molecular weight excluding hydrogens is 346 g/mol. The second-order valence-electron chi connectivity index (χ2n) is 5.74. The first-order valence-electron chi connectivity index (χ1n) is 7.85. The van der Waals surface area contributed by atoms with Gasteiger partial charge in [-0.05, 0) is 0 Å². The molecule has 0 saturated heterocycles. The number of quaternary nitrogens is 1. The van der Waals surface area contributed by atoms with E-state index in [1.807, 2.05) is 0 Å². The van der Waals surface area contributed by atoms with Crippen LogP contribution in [0.1, 0.15) is 16.7 Å². The average molecular weight is 368 g/mol. The van der Waals surface area contributed by atoms with E-state index in [9.17, 15) is 0 Å². The van der Waals surface area contributed by atoms with Crippen molar-refractivity contribution in [3.63, 3.8) is 0 Å². The van der Waals surface area contributed by atoms with E-state index in [-0.39, 0.29) is 17.0 Å².